The normalized spacial score (nSPS) is 10.2. The SMILES string of the molecule is Cc1ccc(NC(=O)NCCc2ccccc2F)cc1Cl. The van der Waals surface area contributed by atoms with Gasteiger partial charge in [0.25, 0.3) is 0 Å². The van der Waals surface area contributed by atoms with Crippen molar-refractivity contribution in [2.24, 2.45) is 0 Å². The van der Waals surface area contributed by atoms with Crippen molar-refractivity contribution in [3.05, 3.63) is 64.4 Å². The summed E-state index contributed by atoms with van der Waals surface area (Å²) in [4.78, 5) is 11.7. The Morgan fingerprint density at radius 3 is 2.71 bits per heavy atom. The quantitative estimate of drug-likeness (QED) is 0.875. The summed E-state index contributed by atoms with van der Waals surface area (Å²) in [5, 5.41) is 5.96. The Balaban J connectivity index is 1.82. The Kier molecular flexibility index (Phi) is 5.17. The smallest absolute Gasteiger partial charge is 0.319 e. The molecule has 110 valence electrons. The monoisotopic (exact) mass is 306 g/mol. The molecule has 0 saturated heterocycles. The fourth-order valence-corrected chi connectivity index (χ4v) is 2.04. The number of aryl methyl sites for hydroxylation is 1. The molecule has 2 aromatic rings. The van der Waals surface area contributed by atoms with Crippen molar-refractivity contribution in [3.63, 3.8) is 0 Å². The summed E-state index contributed by atoms with van der Waals surface area (Å²) in [6, 6.07) is 11.5. The molecule has 0 aliphatic carbocycles. The van der Waals surface area contributed by atoms with Gasteiger partial charge >= 0.3 is 6.03 Å². The Hall–Kier alpha value is -2.07. The van der Waals surface area contributed by atoms with Crippen LogP contribution in [0.25, 0.3) is 0 Å². The summed E-state index contributed by atoms with van der Waals surface area (Å²) in [6.07, 6.45) is 0.439. The van der Waals surface area contributed by atoms with Gasteiger partial charge < -0.3 is 10.6 Å². The third-order valence-electron chi connectivity index (χ3n) is 3.07. The van der Waals surface area contributed by atoms with Gasteiger partial charge in [0.2, 0.25) is 0 Å². The Labute approximate surface area is 128 Å². The van der Waals surface area contributed by atoms with Gasteiger partial charge in [0.1, 0.15) is 5.82 Å². The molecule has 0 aliphatic rings. The number of benzene rings is 2. The van der Waals surface area contributed by atoms with E-state index in [1.165, 1.54) is 6.07 Å². The summed E-state index contributed by atoms with van der Waals surface area (Å²) in [5.74, 6) is -0.259. The lowest BCUT2D eigenvalue weighted by Gasteiger charge is -2.09. The number of urea groups is 1. The number of amides is 2. The van der Waals surface area contributed by atoms with E-state index >= 15 is 0 Å². The van der Waals surface area contributed by atoms with Crippen LogP contribution in [0, 0.1) is 12.7 Å². The van der Waals surface area contributed by atoms with Gasteiger partial charge in [-0.15, -0.1) is 0 Å². The van der Waals surface area contributed by atoms with Crippen LogP contribution in [0.3, 0.4) is 0 Å². The van der Waals surface area contributed by atoms with Gasteiger partial charge in [-0.05, 0) is 42.7 Å². The number of halogens is 2. The summed E-state index contributed by atoms with van der Waals surface area (Å²) in [6.45, 7) is 2.24. The lowest BCUT2D eigenvalue weighted by atomic mass is 10.1. The van der Waals surface area contributed by atoms with Gasteiger partial charge in [-0.2, -0.15) is 0 Å². The zero-order valence-corrected chi connectivity index (χ0v) is 12.4. The fourth-order valence-electron chi connectivity index (χ4n) is 1.86. The van der Waals surface area contributed by atoms with E-state index in [1.807, 2.05) is 13.0 Å². The molecule has 0 unspecified atom stereocenters. The molecule has 2 rings (SSSR count). The maximum absolute atomic E-state index is 13.4. The number of rotatable bonds is 4. The lowest BCUT2D eigenvalue weighted by molar-refractivity contribution is 0.252. The summed E-state index contributed by atoms with van der Waals surface area (Å²) in [7, 11) is 0. The van der Waals surface area contributed by atoms with Crippen LogP contribution in [0.15, 0.2) is 42.5 Å². The number of hydrogen-bond acceptors (Lipinski definition) is 1. The van der Waals surface area contributed by atoms with Gasteiger partial charge in [-0.3, -0.25) is 0 Å². The minimum atomic E-state index is -0.341. The van der Waals surface area contributed by atoms with Crippen LogP contribution in [0.4, 0.5) is 14.9 Å². The molecule has 2 aromatic carbocycles. The van der Waals surface area contributed by atoms with Crippen molar-refractivity contribution in [2.75, 3.05) is 11.9 Å². The topological polar surface area (TPSA) is 41.1 Å². The highest BCUT2D eigenvalue weighted by Gasteiger charge is 2.04. The molecular formula is C16H16ClFN2O. The maximum Gasteiger partial charge on any atom is 0.319 e. The van der Waals surface area contributed by atoms with Crippen LogP contribution in [0.1, 0.15) is 11.1 Å². The van der Waals surface area contributed by atoms with Gasteiger partial charge in [0.15, 0.2) is 0 Å². The molecule has 2 amide bonds. The van der Waals surface area contributed by atoms with E-state index in [9.17, 15) is 9.18 Å². The second kappa shape index (κ2) is 7.09. The molecule has 0 aliphatic heterocycles. The first kappa shape index (κ1) is 15.3. The van der Waals surface area contributed by atoms with Gasteiger partial charge in [0.05, 0.1) is 0 Å². The molecule has 0 bridgehead atoms. The molecule has 21 heavy (non-hydrogen) atoms. The lowest BCUT2D eigenvalue weighted by Crippen LogP contribution is -2.30. The average Bonchev–Trinajstić information content (AvgIpc) is 2.45. The minimum Gasteiger partial charge on any atom is -0.338 e. The highest BCUT2D eigenvalue weighted by atomic mass is 35.5. The number of carbonyl (C=O) groups is 1. The zero-order chi connectivity index (χ0) is 15.2. The third kappa shape index (κ3) is 4.46. The largest absolute Gasteiger partial charge is 0.338 e. The fraction of sp³-hybridized carbons (Fsp3) is 0.188. The second-order valence-electron chi connectivity index (χ2n) is 4.69. The van der Waals surface area contributed by atoms with E-state index < -0.39 is 0 Å². The standard InChI is InChI=1S/C16H16ClFN2O/c1-11-6-7-13(10-14(11)17)20-16(21)19-9-8-12-4-2-3-5-15(12)18/h2-7,10H,8-9H2,1H3,(H2,19,20,21). The Morgan fingerprint density at radius 1 is 1.24 bits per heavy atom. The molecule has 0 heterocycles. The number of nitrogens with one attached hydrogen (secondary N) is 2. The van der Waals surface area contributed by atoms with Crippen molar-refractivity contribution < 1.29 is 9.18 Å². The van der Waals surface area contributed by atoms with Crippen molar-refractivity contribution in [1.82, 2.24) is 5.32 Å². The van der Waals surface area contributed by atoms with E-state index in [-0.39, 0.29) is 11.8 Å². The van der Waals surface area contributed by atoms with Crippen LogP contribution in [-0.2, 0) is 6.42 Å². The van der Waals surface area contributed by atoms with Crippen LogP contribution < -0.4 is 10.6 Å². The van der Waals surface area contributed by atoms with Crippen molar-refractivity contribution in [1.29, 1.82) is 0 Å². The van der Waals surface area contributed by atoms with Crippen molar-refractivity contribution >= 4 is 23.3 Å². The van der Waals surface area contributed by atoms with Crippen molar-refractivity contribution in [2.45, 2.75) is 13.3 Å². The van der Waals surface area contributed by atoms with E-state index in [4.69, 9.17) is 11.6 Å². The van der Waals surface area contributed by atoms with E-state index in [0.29, 0.717) is 29.2 Å². The first-order valence-corrected chi connectivity index (χ1v) is 6.98. The molecule has 0 spiro atoms. The van der Waals surface area contributed by atoms with Crippen LogP contribution in [0.2, 0.25) is 5.02 Å². The number of carbonyl (C=O) groups excluding carboxylic acids is 1. The van der Waals surface area contributed by atoms with E-state index in [1.54, 1.807) is 30.3 Å². The Bertz CT molecular complexity index is 646. The first-order valence-electron chi connectivity index (χ1n) is 6.60. The summed E-state index contributed by atoms with van der Waals surface area (Å²) >= 11 is 5.99. The molecule has 5 heteroatoms. The molecule has 0 aromatic heterocycles. The van der Waals surface area contributed by atoms with Crippen molar-refractivity contribution in [3.8, 4) is 0 Å². The predicted molar refractivity (Wildman–Crippen MR) is 83.3 cm³/mol. The zero-order valence-electron chi connectivity index (χ0n) is 11.6. The number of hydrogen-bond donors (Lipinski definition) is 2. The van der Waals surface area contributed by atoms with Gasteiger partial charge in [0, 0.05) is 17.3 Å². The second-order valence-corrected chi connectivity index (χ2v) is 5.09. The molecule has 0 atom stereocenters. The summed E-state index contributed by atoms with van der Waals surface area (Å²) in [5.41, 5.74) is 2.15. The molecule has 0 radical (unpaired) electrons. The van der Waals surface area contributed by atoms with Crippen LogP contribution in [-0.4, -0.2) is 12.6 Å². The van der Waals surface area contributed by atoms with Gasteiger partial charge in [-0.1, -0.05) is 35.9 Å². The molecule has 3 nitrogen and oxygen atoms in total. The highest BCUT2D eigenvalue weighted by Crippen LogP contribution is 2.19. The van der Waals surface area contributed by atoms with E-state index in [2.05, 4.69) is 10.6 Å². The number of anilines is 1. The minimum absolute atomic E-state index is 0.259. The molecule has 0 fully saturated rings. The van der Waals surface area contributed by atoms with Crippen LogP contribution in [0.5, 0.6) is 0 Å². The molecular weight excluding hydrogens is 291 g/mol. The first-order chi connectivity index (χ1) is 10.1. The maximum atomic E-state index is 13.4. The third-order valence-corrected chi connectivity index (χ3v) is 3.47. The van der Waals surface area contributed by atoms with E-state index in [0.717, 1.165) is 5.56 Å². The predicted octanol–water partition coefficient (Wildman–Crippen LogP) is 4.15. The highest BCUT2D eigenvalue weighted by molar-refractivity contribution is 6.31. The average molecular weight is 307 g/mol. The Morgan fingerprint density at radius 2 is 2.00 bits per heavy atom. The van der Waals surface area contributed by atoms with Gasteiger partial charge in [-0.25, -0.2) is 9.18 Å². The van der Waals surface area contributed by atoms with Crippen LogP contribution >= 0.6 is 11.6 Å². The summed E-state index contributed by atoms with van der Waals surface area (Å²) < 4.78 is 13.4. The molecule has 0 saturated carbocycles. The molecule has 2 N–H and O–H groups in total.